The van der Waals surface area contributed by atoms with Crippen LogP contribution in [0, 0.1) is 5.92 Å². The van der Waals surface area contributed by atoms with Crippen molar-refractivity contribution >= 4 is 54.9 Å². The van der Waals surface area contributed by atoms with Crippen LogP contribution in [0.4, 0.5) is 0 Å². The van der Waals surface area contributed by atoms with Gasteiger partial charge in [0.15, 0.2) is 0 Å². The molecule has 2 aliphatic rings. The van der Waals surface area contributed by atoms with Crippen molar-refractivity contribution in [3.05, 3.63) is 229 Å². The highest BCUT2D eigenvalue weighted by Gasteiger charge is 2.29. The number of rotatable bonds is 5. The van der Waals surface area contributed by atoms with E-state index in [0.29, 0.717) is 0 Å². The lowest BCUT2D eigenvalue weighted by Crippen LogP contribution is -2.19. The first-order valence-electron chi connectivity index (χ1n) is 20.8. The van der Waals surface area contributed by atoms with Crippen LogP contribution >= 0.6 is 0 Å². The van der Waals surface area contributed by atoms with Crippen molar-refractivity contribution in [2.75, 3.05) is 0 Å². The van der Waals surface area contributed by atoms with Gasteiger partial charge in [-0.1, -0.05) is 188 Å². The molecule has 2 nitrogen and oxygen atoms in total. The molecule has 0 radical (unpaired) electrons. The molecule has 0 saturated heterocycles. The van der Waals surface area contributed by atoms with Crippen LogP contribution < -0.4 is 0 Å². The zero-order chi connectivity index (χ0) is 39.6. The molecule has 60 heavy (non-hydrogen) atoms. The molecule has 0 amide bonds. The van der Waals surface area contributed by atoms with E-state index in [1.807, 2.05) is 6.07 Å². The normalized spacial score (nSPS) is 15.6. The average molecular weight is 763 g/mol. The Kier molecular flexibility index (Phi) is 8.02. The number of aliphatic imine (C=N–C) groups is 1. The first kappa shape index (κ1) is 34.4. The molecule has 1 aliphatic heterocycles. The first-order valence-corrected chi connectivity index (χ1v) is 20.8. The Balaban J connectivity index is 0.985. The Hall–Kier alpha value is -7.68. The van der Waals surface area contributed by atoms with Crippen LogP contribution in [0.2, 0.25) is 0 Å². The number of benzene rings is 9. The highest BCUT2D eigenvalue weighted by molar-refractivity contribution is 6.22. The van der Waals surface area contributed by atoms with E-state index in [1.54, 1.807) is 0 Å². The Morgan fingerprint density at radius 2 is 0.900 bits per heavy atom. The summed E-state index contributed by atoms with van der Waals surface area (Å²) in [5, 5.41) is 9.96. The summed E-state index contributed by atoms with van der Waals surface area (Å²) < 4.78 is 0. The minimum absolute atomic E-state index is 0.0468. The van der Waals surface area contributed by atoms with Crippen molar-refractivity contribution in [3.8, 4) is 44.6 Å². The summed E-state index contributed by atoms with van der Waals surface area (Å²) in [4.78, 5) is 10.5. The molecule has 2 heteroatoms. The van der Waals surface area contributed by atoms with Crippen molar-refractivity contribution in [2.24, 2.45) is 10.9 Å². The molecule has 0 N–H and O–H groups in total. The Morgan fingerprint density at radius 1 is 0.350 bits per heavy atom. The predicted molar refractivity (Wildman–Crippen MR) is 253 cm³/mol. The average Bonchev–Trinajstić information content (AvgIpc) is 3.32. The number of pyridine rings is 1. The second-order valence-electron chi connectivity index (χ2n) is 16.0. The number of hydrogen-bond acceptors (Lipinski definition) is 2. The minimum Gasteiger partial charge on any atom is -0.274 e. The van der Waals surface area contributed by atoms with Gasteiger partial charge in [0.25, 0.3) is 0 Å². The quantitative estimate of drug-likeness (QED) is 0.160. The summed E-state index contributed by atoms with van der Waals surface area (Å²) in [7, 11) is 0. The maximum Gasteiger partial charge on any atom is 0.103 e. The predicted octanol–water partition coefficient (Wildman–Crippen LogP) is 15.1. The second-order valence-corrected chi connectivity index (χ2v) is 16.0. The molecule has 0 saturated carbocycles. The molecule has 0 spiro atoms. The van der Waals surface area contributed by atoms with E-state index < -0.39 is 0 Å². The van der Waals surface area contributed by atoms with Gasteiger partial charge in [-0.05, 0) is 118 Å². The van der Waals surface area contributed by atoms with Crippen molar-refractivity contribution < 1.29 is 0 Å². The first-order chi connectivity index (χ1) is 29.7. The topological polar surface area (TPSA) is 25.2 Å². The van der Waals surface area contributed by atoms with E-state index in [0.717, 1.165) is 33.8 Å². The number of aromatic nitrogens is 1. The summed E-state index contributed by atoms with van der Waals surface area (Å²) in [6.45, 7) is 0. The zero-order valence-corrected chi connectivity index (χ0v) is 32.8. The third-order valence-corrected chi connectivity index (χ3v) is 12.5. The van der Waals surface area contributed by atoms with Crippen molar-refractivity contribution in [1.82, 2.24) is 4.98 Å². The minimum atomic E-state index is -0.0468. The highest BCUT2D eigenvalue weighted by atomic mass is 14.9. The van der Waals surface area contributed by atoms with Gasteiger partial charge in [-0.15, -0.1) is 0 Å². The fourth-order valence-electron chi connectivity index (χ4n) is 9.52. The number of hydrogen-bond donors (Lipinski definition) is 0. The lowest BCUT2D eigenvalue weighted by Gasteiger charge is -2.28. The van der Waals surface area contributed by atoms with E-state index in [4.69, 9.17) is 9.98 Å². The van der Waals surface area contributed by atoms with Crippen molar-refractivity contribution in [2.45, 2.75) is 6.04 Å². The molecule has 2 atom stereocenters. The molecule has 0 bridgehead atoms. The van der Waals surface area contributed by atoms with Crippen LogP contribution in [0.5, 0.6) is 0 Å². The summed E-state index contributed by atoms with van der Waals surface area (Å²) in [5.41, 5.74) is 13.7. The molecule has 1 aromatic heterocycles. The third kappa shape index (κ3) is 5.80. The van der Waals surface area contributed by atoms with Crippen LogP contribution in [0.25, 0.3) is 93.8 Å². The molecule has 12 rings (SSSR count). The highest BCUT2D eigenvalue weighted by Crippen LogP contribution is 2.46. The van der Waals surface area contributed by atoms with Gasteiger partial charge in [0.05, 0.1) is 17.1 Å². The molecule has 2 unspecified atom stereocenters. The molecule has 1 aliphatic carbocycles. The van der Waals surface area contributed by atoms with Crippen molar-refractivity contribution in [1.29, 1.82) is 0 Å². The van der Waals surface area contributed by atoms with E-state index >= 15 is 0 Å². The van der Waals surface area contributed by atoms with Gasteiger partial charge in [-0.3, -0.25) is 4.99 Å². The molecule has 0 fully saturated rings. The van der Waals surface area contributed by atoms with Gasteiger partial charge >= 0.3 is 0 Å². The van der Waals surface area contributed by atoms with Gasteiger partial charge < -0.3 is 0 Å². The fraction of sp³-hybridized carbons (Fsp3) is 0.0345. The molecule has 280 valence electrons. The number of nitrogens with zero attached hydrogens (tertiary/aromatic N) is 2. The monoisotopic (exact) mass is 762 g/mol. The van der Waals surface area contributed by atoms with Gasteiger partial charge in [-0.25, -0.2) is 4.98 Å². The standard InChI is InChI=1S/C58H38N2/c1-2-12-40(13-3-1)53-32-29-42-24-25-43-30-33-54(60-58(43)57(42)59-53)41-22-18-39(19-23-41)46-28-31-51-52(36-46)56(48-27-21-38-11-5-7-15-45(38)35-48)50-17-9-8-16-49(50)55(51)47-26-20-37-10-4-6-14-44(37)34-47/h1-36,42,57H. The van der Waals surface area contributed by atoms with Crippen LogP contribution in [0.3, 0.4) is 0 Å². The molecular formula is C58H38N2. The van der Waals surface area contributed by atoms with Crippen LogP contribution in [0.15, 0.2) is 217 Å². The zero-order valence-electron chi connectivity index (χ0n) is 32.8. The SMILES string of the molecule is C1=CC2C=Cc3ccc(-c4ccc(-c5ccc6c(-c7ccc8ccccc8c7)c7ccccc7c(-c7ccc8ccccc8c7)c6c5)cc4)nc3C2N=C1c1ccccc1. The summed E-state index contributed by atoms with van der Waals surface area (Å²) in [6, 6.07) is 70.7. The van der Waals surface area contributed by atoms with E-state index in [2.05, 4.69) is 212 Å². The van der Waals surface area contributed by atoms with E-state index in [1.165, 1.54) is 76.5 Å². The van der Waals surface area contributed by atoms with Crippen LogP contribution in [0.1, 0.15) is 22.9 Å². The number of fused-ring (bicyclic) bond motifs is 7. The smallest absolute Gasteiger partial charge is 0.103 e. The molecule has 9 aromatic carbocycles. The van der Waals surface area contributed by atoms with Gasteiger partial charge in [0.2, 0.25) is 0 Å². The maximum atomic E-state index is 5.30. The molecule has 2 heterocycles. The van der Waals surface area contributed by atoms with E-state index in [-0.39, 0.29) is 12.0 Å². The second kappa shape index (κ2) is 14.0. The maximum absolute atomic E-state index is 5.30. The lowest BCUT2D eigenvalue weighted by molar-refractivity contribution is 0.592. The Labute approximate surface area is 349 Å². The number of dihydropyridines is 1. The number of allylic oxidation sites excluding steroid dienone is 1. The summed E-state index contributed by atoms with van der Waals surface area (Å²) >= 11 is 0. The van der Waals surface area contributed by atoms with Crippen molar-refractivity contribution in [3.63, 3.8) is 0 Å². The third-order valence-electron chi connectivity index (χ3n) is 12.5. The lowest BCUT2D eigenvalue weighted by atomic mass is 9.84. The Bertz CT molecular complexity index is 3430. The molecule has 10 aromatic rings. The largest absolute Gasteiger partial charge is 0.274 e. The fourth-order valence-corrected chi connectivity index (χ4v) is 9.52. The van der Waals surface area contributed by atoms with E-state index in [9.17, 15) is 0 Å². The van der Waals surface area contributed by atoms with Gasteiger partial charge in [0, 0.05) is 11.5 Å². The van der Waals surface area contributed by atoms with Gasteiger partial charge in [0.1, 0.15) is 6.04 Å². The van der Waals surface area contributed by atoms with Crippen LogP contribution in [-0.2, 0) is 0 Å². The summed E-state index contributed by atoms with van der Waals surface area (Å²) in [6.07, 6.45) is 8.88. The molecular weight excluding hydrogens is 725 g/mol. The Morgan fingerprint density at radius 3 is 1.60 bits per heavy atom. The van der Waals surface area contributed by atoms with Gasteiger partial charge in [-0.2, -0.15) is 0 Å². The van der Waals surface area contributed by atoms with Crippen LogP contribution in [-0.4, -0.2) is 10.7 Å². The summed E-state index contributed by atoms with van der Waals surface area (Å²) in [5.74, 6) is 0.196.